The zero-order valence-electron chi connectivity index (χ0n) is 12.2. The van der Waals surface area contributed by atoms with Crippen LogP contribution in [0, 0.1) is 13.8 Å². The summed E-state index contributed by atoms with van der Waals surface area (Å²) in [5, 5.41) is 10.7. The maximum Gasteiger partial charge on any atom is 0.124 e. The normalized spacial score (nSPS) is 21.4. The highest BCUT2D eigenvalue weighted by Gasteiger charge is 2.37. The van der Waals surface area contributed by atoms with Crippen molar-refractivity contribution in [1.29, 1.82) is 0 Å². The average Bonchev–Trinajstić information content (AvgIpc) is 2.84. The first-order chi connectivity index (χ1) is 9.04. The molecule has 0 bridgehead atoms. The fourth-order valence-electron chi connectivity index (χ4n) is 4.26. The second-order valence-electron chi connectivity index (χ2n) is 6.50. The van der Waals surface area contributed by atoms with Gasteiger partial charge in [-0.1, -0.05) is 12.8 Å². The first kappa shape index (κ1) is 13.0. The fourth-order valence-corrected chi connectivity index (χ4v) is 4.26. The van der Waals surface area contributed by atoms with Crippen LogP contribution in [-0.4, -0.2) is 5.11 Å². The number of rotatable bonds is 1. The third-order valence-electron chi connectivity index (χ3n) is 5.33. The van der Waals surface area contributed by atoms with Gasteiger partial charge < -0.3 is 10.8 Å². The molecule has 2 nitrogen and oxygen atoms in total. The number of hydrogen-bond acceptors (Lipinski definition) is 2. The van der Waals surface area contributed by atoms with E-state index in [-0.39, 0.29) is 5.54 Å². The summed E-state index contributed by atoms with van der Waals surface area (Å²) < 4.78 is 0. The van der Waals surface area contributed by atoms with Gasteiger partial charge in [-0.15, -0.1) is 0 Å². The van der Waals surface area contributed by atoms with Gasteiger partial charge in [0, 0.05) is 11.1 Å². The van der Waals surface area contributed by atoms with E-state index in [0.29, 0.717) is 5.75 Å². The number of benzene rings is 1. The molecule has 3 rings (SSSR count). The van der Waals surface area contributed by atoms with Crippen LogP contribution in [0.5, 0.6) is 5.75 Å². The summed E-state index contributed by atoms with van der Waals surface area (Å²) >= 11 is 0. The lowest BCUT2D eigenvalue weighted by molar-refractivity contribution is 0.402. The molecule has 1 fully saturated rings. The Balaban J connectivity index is 2.22. The van der Waals surface area contributed by atoms with E-state index in [9.17, 15) is 5.11 Å². The molecule has 0 spiro atoms. The maximum absolute atomic E-state index is 10.7. The van der Waals surface area contributed by atoms with Crippen LogP contribution in [0.15, 0.2) is 0 Å². The standard InChI is InChI=1S/C17H25NO/c1-11-13-7-3-4-8-14(13)12(2)16(19)15(11)17(18)9-5-6-10-17/h19H,3-10,18H2,1-2H3. The van der Waals surface area contributed by atoms with Gasteiger partial charge in [0.1, 0.15) is 5.75 Å². The summed E-state index contributed by atoms with van der Waals surface area (Å²) in [6, 6.07) is 0. The van der Waals surface area contributed by atoms with E-state index in [1.807, 2.05) is 0 Å². The van der Waals surface area contributed by atoms with Crippen molar-refractivity contribution < 1.29 is 5.11 Å². The fraction of sp³-hybridized carbons (Fsp3) is 0.647. The SMILES string of the molecule is Cc1c(O)c(C2(N)CCCC2)c(C)c2c1CCCC2. The van der Waals surface area contributed by atoms with Crippen molar-refractivity contribution in [2.45, 2.75) is 70.8 Å². The highest BCUT2D eigenvalue weighted by atomic mass is 16.3. The minimum absolute atomic E-state index is 0.286. The van der Waals surface area contributed by atoms with Gasteiger partial charge in [-0.25, -0.2) is 0 Å². The van der Waals surface area contributed by atoms with Crippen molar-refractivity contribution >= 4 is 0 Å². The Bertz CT molecular complexity index is 513. The van der Waals surface area contributed by atoms with Gasteiger partial charge in [-0.3, -0.25) is 0 Å². The maximum atomic E-state index is 10.7. The number of phenols is 1. The molecule has 19 heavy (non-hydrogen) atoms. The number of aromatic hydroxyl groups is 1. The number of fused-ring (bicyclic) bond motifs is 1. The smallest absolute Gasteiger partial charge is 0.124 e. The molecule has 2 aliphatic carbocycles. The Hall–Kier alpha value is -1.02. The summed E-state index contributed by atoms with van der Waals surface area (Å²) in [6.45, 7) is 4.24. The van der Waals surface area contributed by atoms with Crippen LogP contribution >= 0.6 is 0 Å². The topological polar surface area (TPSA) is 46.2 Å². The first-order valence-corrected chi connectivity index (χ1v) is 7.68. The van der Waals surface area contributed by atoms with Crippen LogP contribution in [0.3, 0.4) is 0 Å². The van der Waals surface area contributed by atoms with E-state index >= 15 is 0 Å². The minimum atomic E-state index is -0.286. The highest BCUT2D eigenvalue weighted by molar-refractivity contribution is 5.57. The van der Waals surface area contributed by atoms with Crippen molar-refractivity contribution in [2.75, 3.05) is 0 Å². The predicted octanol–water partition coefficient (Wildman–Crippen LogP) is 3.62. The summed E-state index contributed by atoms with van der Waals surface area (Å²) in [5.41, 5.74) is 12.6. The van der Waals surface area contributed by atoms with Crippen LogP contribution in [-0.2, 0) is 18.4 Å². The quantitative estimate of drug-likeness (QED) is 0.809. The molecule has 1 saturated carbocycles. The number of phenolic OH excluding ortho intramolecular Hbond substituents is 1. The van der Waals surface area contributed by atoms with Crippen molar-refractivity contribution in [3.63, 3.8) is 0 Å². The van der Waals surface area contributed by atoms with Crippen molar-refractivity contribution in [3.05, 3.63) is 27.8 Å². The van der Waals surface area contributed by atoms with Crippen molar-refractivity contribution in [3.8, 4) is 5.75 Å². The zero-order chi connectivity index (χ0) is 13.6. The molecule has 0 saturated heterocycles. The number of hydrogen-bond donors (Lipinski definition) is 2. The van der Waals surface area contributed by atoms with Gasteiger partial charge in [0.15, 0.2) is 0 Å². The molecule has 0 radical (unpaired) electrons. The highest BCUT2D eigenvalue weighted by Crippen LogP contribution is 2.46. The average molecular weight is 259 g/mol. The lowest BCUT2D eigenvalue weighted by Gasteiger charge is -2.32. The van der Waals surface area contributed by atoms with E-state index < -0.39 is 0 Å². The molecule has 2 heteroatoms. The molecule has 0 aromatic heterocycles. The molecule has 1 aromatic rings. The van der Waals surface area contributed by atoms with Crippen molar-refractivity contribution in [2.24, 2.45) is 5.73 Å². The van der Waals surface area contributed by atoms with Crippen LogP contribution in [0.2, 0.25) is 0 Å². The Morgan fingerprint density at radius 3 is 2.00 bits per heavy atom. The van der Waals surface area contributed by atoms with Crippen LogP contribution in [0.1, 0.15) is 66.3 Å². The molecule has 2 aliphatic rings. The molecule has 104 valence electrons. The van der Waals surface area contributed by atoms with Gasteiger partial charge in [0.25, 0.3) is 0 Å². The summed E-state index contributed by atoms with van der Waals surface area (Å²) in [4.78, 5) is 0. The van der Waals surface area contributed by atoms with Gasteiger partial charge in [-0.2, -0.15) is 0 Å². The van der Waals surface area contributed by atoms with Crippen molar-refractivity contribution in [1.82, 2.24) is 0 Å². The van der Waals surface area contributed by atoms with Crippen LogP contribution < -0.4 is 5.73 Å². The molecule has 0 heterocycles. The number of nitrogens with two attached hydrogens (primary N) is 1. The van der Waals surface area contributed by atoms with Crippen LogP contribution in [0.25, 0.3) is 0 Å². The Labute approximate surface area is 116 Å². The molecular weight excluding hydrogens is 234 g/mol. The second-order valence-corrected chi connectivity index (χ2v) is 6.50. The lowest BCUT2D eigenvalue weighted by Crippen LogP contribution is -2.35. The van der Waals surface area contributed by atoms with E-state index in [4.69, 9.17) is 5.73 Å². The molecule has 1 aromatic carbocycles. The van der Waals surface area contributed by atoms with E-state index in [1.165, 1.54) is 42.4 Å². The summed E-state index contributed by atoms with van der Waals surface area (Å²) in [5.74, 6) is 0.488. The van der Waals surface area contributed by atoms with Gasteiger partial charge in [0.2, 0.25) is 0 Å². The largest absolute Gasteiger partial charge is 0.507 e. The molecular formula is C17H25NO. The molecule has 0 aliphatic heterocycles. The van der Waals surface area contributed by atoms with Gasteiger partial charge in [0.05, 0.1) is 0 Å². The first-order valence-electron chi connectivity index (χ1n) is 7.68. The molecule has 0 amide bonds. The Morgan fingerprint density at radius 1 is 0.895 bits per heavy atom. The van der Waals surface area contributed by atoms with Crippen LogP contribution in [0.4, 0.5) is 0 Å². The van der Waals surface area contributed by atoms with E-state index in [2.05, 4.69) is 13.8 Å². The van der Waals surface area contributed by atoms with E-state index in [1.54, 1.807) is 0 Å². The predicted molar refractivity (Wildman–Crippen MR) is 78.6 cm³/mol. The Kier molecular flexibility index (Phi) is 3.09. The van der Waals surface area contributed by atoms with Gasteiger partial charge in [-0.05, 0) is 74.6 Å². The third-order valence-corrected chi connectivity index (χ3v) is 5.33. The molecule has 3 N–H and O–H groups in total. The third kappa shape index (κ3) is 1.88. The summed E-state index contributed by atoms with van der Waals surface area (Å²) in [6.07, 6.45) is 9.20. The molecule has 0 atom stereocenters. The van der Waals surface area contributed by atoms with Gasteiger partial charge >= 0.3 is 0 Å². The Morgan fingerprint density at radius 2 is 1.42 bits per heavy atom. The lowest BCUT2D eigenvalue weighted by atomic mass is 9.77. The minimum Gasteiger partial charge on any atom is -0.507 e. The molecule has 0 unspecified atom stereocenters. The second kappa shape index (κ2) is 4.52. The monoisotopic (exact) mass is 259 g/mol. The van der Waals surface area contributed by atoms with E-state index in [0.717, 1.165) is 36.8 Å². The zero-order valence-corrected chi connectivity index (χ0v) is 12.2. The summed E-state index contributed by atoms with van der Waals surface area (Å²) in [7, 11) is 0.